The Morgan fingerprint density at radius 3 is 2.60 bits per heavy atom. The first kappa shape index (κ1) is 28.5. The molecule has 3 aromatic rings. The van der Waals surface area contributed by atoms with E-state index in [4.69, 9.17) is 0 Å². The summed E-state index contributed by atoms with van der Waals surface area (Å²) in [6.07, 6.45) is 4.08. The van der Waals surface area contributed by atoms with Gasteiger partial charge in [-0.3, -0.25) is 24.5 Å². The first-order chi connectivity index (χ1) is 19.2. The van der Waals surface area contributed by atoms with Gasteiger partial charge in [0.25, 0.3) is 0 Å². The molecular weight excluding hydrogens is 514 g/mol. The molecule has 0 N–H and O–H groups in total. The van der Waals surface area contributed by atoms with E-state index < -0.39 is 11.6 Å². The van der Waals surface area contributed by atoms with E-state index in [2.05, 4.69) is 21.5 Å². The monoisotopic (exact) mass is 546 g/mol. The Kier molecular flexibility index (Phi) is 8.67. The predicted molar refractivity (Wildman–Crippen MR) is 152 cm³/mol. The van der Waals surface area contributed by atoms with Gasteiger partial charge in [-0.2, -0.15) is 0 Å². The molecule has 0 radical (unpaired) electrons. The number of aliphatic imine (C=N–C) groups is 1. The van der Waals surface area contributed by atoms with Crippen molar-refractivity contribution < 1.29 is 18.4 Å². The van der Waals surface area contributed by atoms with Gasteiger partial charge in [0.15, 0.2) is 5.82 Å². The van der Waals surface area contributed by atoms with Crippen molar-refractivity contribution in [3.8, 4) is 11.3 Å². The fourth-order valence-electron chi connectivity index (χ4n) is 5.08. The molecule has 1 aromatic carbocycles. The molecule has 1 unspecified atom stereocenters. The minimum Gasteiger partial charge on any atom is -0.350 e. The first-order valence-corrected chi connectivity index (χ1v) is 13.0. The predicted octanol–water partition coefficient (Wildman–Crippen LogP) is 4.68. The summed E-state index contributed by atoms with van der Waals surface area (Å²) in [7, 11) is 1.58. The number of pyridine rings is 2. The minimum absolute atomic E-state index is 0.0304. The molecule has 1 atom stereocenters. The number of anilines is 2. The van der Waals surface area contributed by atoms with E-state index in [1.54, 1.807) is 30.3 Å². The average molecular weight is 547 g/mol. The Balaban J connectivity index is 1.93. The number of carbonyl (C=O) groups is 2. The number of piperazine rings is 1. The van der Waals surface area contributed by atoms with E-state index in [0.29, 0.717) is 49.7 Å². The summed E-state index contributed by atoms with van der Waals surface area (Å²) in [5, 5.41) is 0. The summed E-state index contributed by atoms with van der Waals surface area (Å²) in [6.45, 7) is 10.5. The lowest BCUT2D eigenvalue weighted by Gasteiger charge is -2.41. The molecule has 1 aliphatic heterocycles. The number of halogens is 2. The summed E-state index contributed by atoms with van der Waals surface area (Å²) in [4.78, 5) is 43.5. The number of hydrogen-bond donors (Lipinski definition) is 0. The highest BCUT2D eigenvalue weighted by molar-refractivity contribution is 6.06. The zero-order valence-corrected chi connectivity index (χ0v) is 23.1. The molecule has 2 aromatic heterocycles. The highest BCUT2D eigenvalue weighted by atomic mass is 19.1. The molecule has 0 bridgehead atoms. The number of benzene rings is 1. The van der Waals surface area contributed by atoms with Crippen molar-refractivity contribution in [3.63, 3.8) is 0 Å². The van der Waals surface area contributed by atoms with E-state index in [1.807, 2.05) is 25.7 Å². The topological polar surface area (TPSA) is 82.0 Å². The van der Waals surface area contributed by atoms with Gasteiger partial charge in [0.05, 0.1) is 16.9 Å². The zero-order valence-electron chi connectivity index (χ0n) is 23.1. The van der Waals surface area contributed by atoms with Crippen molar-refractivity contribution in [2.75, 3.05) is 31.6 Å². The van der Waals surface area contributed by atoms with Crippen LogP contribution < -0.4 is 4.90 Å². The van der Waals surface area contributed by atoms with Crippen molar-refractivity contribution in [3.05, 3.63) is 83.7 Å². The van der Waals surface area contributed by atoms with Crippen LogP contribution in [0.5, 0.6) is 0 Å². The molecule has 2 amide bonds. The van der Waals surface area contributed by atoms with Crippen LogP contribution in [0.2, 0.25) is 0 Å². The Bertz CT molecular complexity index is 1470. The van der Waals surface area contributed by atoms with Crippen molar-refractivity contribution in [1.82, 2.24) is 19.8 Å². The van der Waals surface area contributed by atoms with Crippen molar-refractivity contribution in [2.45, 2.75) is 33.2 Å². The largest absolute Gasteiger partial charge is 0.350 e. The molecule has 4 rings (SSSR count). The van der Waals surface area contributed by atoms with Crippen LogP contribution in [-0.2, 0) is 16.0 Å². The first-order valence-electron chi connectivity index (χ1n) is 13.0. The SMILES string of the molecule is C=CC(=O)N1CCN(C(=NC)c2cc(F)c(-c3ccccc3F)nc2N(C=O)c2c(C)ccnc2CC)C(C)C1. The van der Waals surface area contributed by atoms with Gasteiger partial charge in [-0.15, -0.1) is 0 Å². The summed E-state index contributed by atoms with van der Waals surface area (Å²) < 4.78 is 30.6. The number of nitrogens with zero attached hydrogens (tertiary/aromatic N) is 6. The van der Waals surface area contributed by atoms with Crippen LogP contribution in [0.15, 0.2) is 60.2 Å². The number of aromatic nitrogens is 2. The summed E-state index contributed by atoms with van der Waals surface area (Å²) >= 11 is 0. The minimum atomic E-state index is -0.761. The summed E-state index contributed by atoms with van der Waals surface area (Å²) in [5.41, 5.74) is 1.93. The molecule has 3 heterocycles. The lowest BCUT2D eigenvalue weighted by molar-refractivity contribution is -0.128. The fourth-order valence-corrected chi connectivity index (χ4v) is 5.08. The molecule has 0 saturated carbocycles. The van der Waals surface area contributed by atoms with Gasteiger partial charge < -0.3 is 9.80 Å². The van der Waals surface area contributed by atoms with Crippen LogP contribution in [-0.4, -0.2) is 70.6 Å². The van der Waals surface area contributed by atoms with Gasteiger partial charge in [-0.05, 0) is 56.2 Å². The normalized spacial score (nSPS) is 15.7. The number of aryl methyl sites for hydroxylation is 2. The smallest absolute Gasteiger partial charge is 0.246 e. The third-order valence-corrected chi connectivity index (χ3v) is 7.03. The van der Waals surface area contributed by atoms with Gasteiger partial charge in [0, 0.05) is 44.5 Å². The Morgan fingerprint density at radius 1 is 1.23 bits per heavy atom. The highest BCUT2D eigenvalue weighted by Gasteiger charge is 2.32. The lowest BCUT2D eigenvalue weighted by atomic mass is 10.0. The lowest BCUT2D eigenvalue weighted by Crippen LogP contribution is -2.55. The molecule has 0 aliphatic carbocycles. The summed E-state index contributed by atoms with van der Waals surface area (Å²) in [6, 6.07) is 8.61. The Morgan fingerprint density at radius 2 is 1.98 bits per heavy atom. The Hall–Kier alpha value is -4.47. The van der Waals surface area contributed by atoms with Gasteiger partial charge in [-0.25, -0.2) is 13.8 Å². The van der Waals surface area contributed by atoms with Gasteiger partial charge in [-0.1, -0.05) is 25.6 Å². The van der Waals surface area contributed by atoms with E-state index in [-0.39, 0.29) is 34.6 Å². The second kappa shape index (κ2) is 12.1. The number of hydrogen-bond acceptors (Lipinski definition) is 5. The third kappa shape index (κ3) is 5.34. The molecular formula is C30H32F2N6O2. The maximum atomic E-state index is 15.8. The van der Waals surface area contributed by atoms with Crippen LogP contribution in [0, 0.1) is 18.6 Å². The second-order valence-electron chi connectivity index (χ2n) is 9.50. The quantitative estimate of drug-likeness (QED) is 0.186. The molecule has 40 heavy (non-hydrogen) atoms. The average Bonchev–Trinajstić information content (AvgIpc) is 2.96. The molecule has 10 heteroatoms. The zero-order chi connectivity index (χ0) is 29.0. The number of amidine groups is 1. The van der Waals surface area contributed by atoms with E-state index in [9.17, 15) is 14.0 Å². The molecule has 1 saturated heterocycles. The van der Waals surface area contributed by atoms with E-state index in [0.717, 1.165) is 5.56 Å². The number of amides is 2. The second-order valence-corrected chi connectivity index (χ2v) is 9.50. The van der Waals surface area contributed by atoms with Crippen LogP contribution in [0.25, 0.3) is 11.3 Å². The maximum Gasteiger partial charge on any atom is 0.246 e. The highest BCUT2D eigenvalue weighted by Crippen LogP contribution is 2.36. The molecule has 0 spiro atoms. The van der Waals surface area contributed by atoms with Gasteiger partial charge in [0.1, 0.15) is 23.2 Å². The summed E-state index contributed by atoms with van der Waals surface area (Å²) in [5.74, 6) is -1.08. The fraction of sp³-hybridized carbons (Fsp3) is 0.300. The molecule has 1 aliphatic rings. The molecule has 208 valence electrons. The van der Waals surface area contributed by atoms with Gasteiger partial charge >= 0.3 is 0 Å². The van der Waals surface area contributed by atoms with Crippen molar-refractivity contribution in [1.29, 1.82) is 0 Å². The number of rotatable bonds is 7. The van der Waals surface area contributed by atoms with Crippen LogP contribution in [0.1, 0.15) is 30.7 Å². The van der Waals surface area contributed by atoms with E-state index in [1.165, 1.54) is 35.2 Å². The number of carbonyl (C=O) groups excluding carboxylic acids is 2. The van der Waals surface area contributed by atoms with Crippen molar-refractivity contribution in [2.24, 2.45) is 4.99 Å². The van der Waals surface area contributed by atoms with Crippen LogP contribution >= 0.6 is 0 Å². The Labute approximate surface area is 232 Å². The van der Waals surface area contributed by atoms with Crippen LogP contribution in [0.3, 0.4) is 0 Å². The molecule has 1 fully saturated rings. The van der Waals surface area contributed by atoms with Gasteiger partial charge in [0.2, 0.25) is 12.3 Å². The maximum absolute atomic E-state index is 15.8. The standard InChI is InChI=1S/C30H32F2N6O2/c1-6-25-28(19(3)12-13-34-25)38(18-39)30-22(16-24(32)27(35-30)21-10-8-9-11-23(21)31)29(33-5)37-15-14-36(17-20(37)4)26(40)7-2/h7-13,16,18,20H,2,6,14-15,17H2,1,3-5H3. The third-order valence-electron chi connectivity index (χ3n) is 7.03. The van der Waals surface area contributed by atoms with Crippen LogP contribution in [0.4, 0.5) is 20.3 Å². The van der Waals surface area contributed by atoms with E-state index >= 15 is 4.39 Å². The molecule has 8 nitrogen and oxygen atoms in total. The van der Waals surface area contributed by atoms with Crippen molar-refractivity contribution >= 4 is 29.7 Å².